The van der Waals surface area contributed by atoms with Crippen LogP contribution in [-0.4, -0.2) is 40.1 Å². The number of ether oxygens (including phenoxy) is 2. The van der Waals surface area contributed by atoms with Gasteiger partial charge in [-0.05, 0) is 55.2 Å². The summed E-state index contributed by atoms with van der Waals surface area (Å²) in [5.41, 5.74) is 4.79. The topological polar surface area (TPSA) is 91.3 Å². The average Bonchev–Trinajstić information content (AvgIpc) is 2.87. The Morgan fingerprint density at radius 2 is 1.44 bits per heavy atom. The lowest BCUT2D eigenvalue weighted by Gasteiger charge is -2.22. The molecule has 36 heavy (non-hydrogen) atoms. The fourth-order valence-corrected chi connectivity index (χ4v) is 4.08. The van der Waals surface area contributed by atoms with Crippen LogP contribution in [0.3, 0.4) is 0 Å². The van der Waals surface area contributed by atoms with Crippen LogP contribution in [0.15, 0.2) is 60.9 Å². The monoisotopic (exact) mass is 483 g/mol. The van der Waals surface area contributed by atoms with Gasteiger partial charge < -0.3 is 9.47 Å². The second kappa shape index (κ2) is 10.2. The number of esters is 2. The van der Waals surface area contributed by atoms with Crippen molar-refractivity contribution >= 4 is 22.8 Å². The molecule has 184 valence electrons. The van der Waals surface area contributed by atoms with Crippen molar-refractivity contribution in [1.82, 2.24) is 15.0 Å². The summed E-state index contributed by atoms with van der Waals surface area (Å²) < 4.78 is 10.4. The molecule has 7 nitrogen and oxygen atoms in total. The molecule has 1 aromatic carbocycles. The van der Waals surface area contributed by atoms with Crippen LogP contribution < -0.4 is 0 Å². The van der Waals surface area contributed by atoms with E-state index in [4.69, 9.17) is 14.5 Å². The van der Waals surface area contributed by atoms with Gasteiger partial charge in [0.25, 0.3) is 0 Å². The zero-order valence-corrected chi connectivity index (χ0v) is 21.2. The fourth-order valence-electron chi connectivity index (χ4n) is 4.08. The predicted molar refractivity (Wildman–Crippen MR) is 139 cm³/mol. The van der Waals surface area contributed by atoms with Gasteiger partial charge in [-0.3, -0.25) is 9.97 Å². The number of benzene rings is 1. The Labute approximate surface area is 210 Å². The maximum absolute atomic E-state index is 12.8. The maximum atomic E-state index is 12.8. The average molecular weight is 484 g/mol. The quantitative estimate of drug-likeness (QED) is 0.310. The summed E-state index contributed by atoms with van der Waals surface area (Å²) >= 11 is 0. The summed E-state index contributed by atoms with van der Waals surface area (Å²) in [6.07, 6.45) is 3.27. The summed E-state index contributed by atoms with van der Waals surface area (Å²) in [6.45, 7) is 10.5. The highest BCUT2D eigenvalue weighted by Crippen LogP contribution is 2.35. The lowest BCUT2D eigenvalue weighted by molar-refractivity contribution is 0.0516. The van der Waals surface area contributed by atoms with Crippen molar-refractivity contribution in [2.45, 2.75) is 40.0 Å². The third-order valence-electron chi connectivity index (χ3n) is 5.72. The van der Waals surface area contributed by atoms with Crippen LogP contribution in [0.4, 0.5) is 0 Å². The van der Waals surface area contributed by atoms with Gasteiger partial charge in [-0.15, -0.1) is 0 Å². The maximum Gasteiger partial charge on any atom is 0.338 e. The molecule has 0 N–H and O–H groups in total. The summed E-state index contributed by atoms with van der Waals surface area (Å²) in [6, 6.07) is 14.6. The van der Waals surface area contributed by atoms with Crippen molar-refractivity contribution in [3.8, 4) is 22.6 Å². The van der Waals surface area contributed by atoms with E-state index in [2.05, 4.69) is 36.8 Å². The van der Waals surface area contributed by atoms with Crippen molar-refractivity contribution in [1.29, 1.82) is 0 Å². The van der Waals surface area contributed by atoms with Gasteiger partial charge in [0.05, 0.1) is 46.9 Å². The number of carbonyl (C=O) groups is 2. The molecule has 0 aliphatic carbocycles. The molecule has 0 spiro atoms. The fraction of sp³-hybridized carbons (Fsp3) is 0.276. The van der Waals surface area contributed by atoms with Crippen LogP contribution in [0, 0.1) is 0 Å². The van der Waals surface area contributed by atoms with Crippen molar-refractivity contribution < 1.29 is 19.1 Å². The van der Waals surface area contributed by atoms with Crippen molar-refractivity contribution in [3.63, 3.8) is 0 Å². The lowest BCUT2D eigenvalue weighted by Crippen LogP contribution is -2.12. The zero-order chi connectivity index (χ0) is 25.9. The van der Waals surface area contributed by atoms with E-state index in [0.29, 0.717) is 28.2 Å². The Bertz CT molecular complexity index is 1440. The SMILES string of the molecule is CCOC(=O)c1ccnc(-c2cc(C(=O)OCC)cc(-c3ccc(C(C)(C)C)c4cccnc34)n2)c1. The zero-order valence-electron chi connectivity index (χ0n) is 21.2. The van der Waals surface area contributed by atoms with Gasteiger partial charge in [-0.25, -0.2) is 14.6 Å². The van der Waals surface area contributed by atoms with E-state index in [-0.39, 0.29) is 18.6 Å². The molecular weight excluding hydrogens is 454 g/mol. The molecule has 0 fully saturated rings. The number of aromatic nitrogens is 3. The minimum atomic E-state index is -0.465. The first-order valence-electron chi connectivity index (χ1n) is 11.9. The number of carbonyl (C=O) groups excluding carboxylic acids is 2. The van der Waals surface area contributed by atoms with Crippen LogP contribution in [0.5, 0.6) is 0 Å². The first-order valence-corrected chi connectivity index (χ1v) is 11.9. The summed E-state index contributed by atoms with van der Waals surface area (Å²) in [4.78, 5) is 39.0. The third kappa shape index (κ3) is 5.10. The second-order valence-corrected chi connectivity index (χ2v) is 9.31. The molecule has 0 radical (unpaired) electrons. The molecule has 0 bridgehead atoms. The Kier molecular flexibility index (Phi) is 7.10. The smallest absolute Gasteiger partial charge is 0.338 e. The predicted octanol–water partition coefficient (Wildman–Crippen LogP) is 6.01. The highest BCUT2D eigenvalue weighted by Gasteiger charge is 2.21. The van der Waals surface area contributed by atoms with Gasteiger partial charge in [-0.1, -0.05) is 39.0 Å². The lowest BCUT2D eigenvalue weighted by atomic mass is 9.83. The van der Waals surface area contributed by atoms with E-state index >= 15 is 0 Å². The van der Waals surface area contributed by atoms with E-state index in [1.807, 2.05) is 18.2 Å². The minimum Gasteiger partial charge on any atom is -0.462 e. The van der Waals surface area contributed by atoms with Crippen LogP contribution in [-0.2, 0) is 14.9 Å². The van der Waals surface area contributed by atoms with Gasteiger partial charge >= 0.3 is 11.9 Å². The summed E-state index contributed by atoms with van der Waals surface area (Å²) in [5.74, 6) is -0.914. The van der Waals surface area contributed by atoms with E-state index in [0.717, 1.165) is 16.5 Å². The molecule has 0 unspecified atom stereocenters. The van der Waals surface area contributed by atoms with Gasteiger partial charge in [0.1, 0.15) is 0 Å². The van der Waals surface area contributed by atoms with Crippen LogP contribution in [0.25, 0.3) is 33.5 Å². The van der Waals surface area contributed by atoms with Crippen LogP contribution in [0.1, 0.15) is 60.9 Å². The molecule has 0 aliphatic heterocycles. The Balaban J connectivity index is 1.93. The Morgan fingerprint density at radius 1 is 0.778 bits per heavy atom. The van der Waals surface area contributed by atoms with Crippen molar-refractivity contribution in [3.05, 3.63) is 77.6 Å². The molecule has 3 aromatic heterocycles. The molecular formula is C29H29N3O4. The Hall–Kier alpha value is -4.13. The molecule has 0 atom stereocenters. The minimum absolute atomic E-state index is 0.0807. The van der Waals surface area contributed by atoms with Crippen LogP contribution >= 0.6 is 0 Å². The second-order valence-electron chi connectivity index (χ2n) is 9.31. The standard InChI is InChI=1S/C29H29N3O4/c1-6-35-27(33)18-12-14-30-24(15-18)25-17-19(28(34)36-7-2)16-23(32-25)21-10-11-22(29(3,4)5)20-9-8-13-31-26(20)21/h8-17H,6-7H2,1-5H3. The highest BCUT2D eigenvalue weighted by molar-refractivity contribution is 5.98. The van der Waals surface area contributed by atoms with E-state index in [1.54, 1.807) is 44.3 Å². The molecule has 3 heterocycles. The van der Waals surface area contributed by atoms with Gasteiger partial charge in [0, 0.05) is 23.3 Å². The molecule has 0 aliphatic rings. The van der Waals surface area contributed by atoms with Crippen molar-refractivity contribution in [2.75, 3.05) is 13.2 Å². The summed E-state index contributed by atoms with van der Waals surface area (Å²) in [5, 5.41) is 1.02. The highest BCUT2D eigenvalue weighted by atomic mass is 16.5. The molecule has 0 amide bonds. The van der Waals surface area contributed by atoms with Gasteiger partial charge in [0.15, 0.2) is 0 Å². The first kappa shape index (κ1) is 25.0. The van der Waals surface area contributed by atoms with E-state index in [1.165, 1.54) is 11.8 Å². The number of pyridine rings is 3. The number of nitrogens with zero attached hydrogens (tertiary/aromatic N) is 3. The number of fused-ring (bicyclic) bond motifs is 1. The van der Waals surface area contributed by atoms with E-state index < -0.39 is 11.9 Å². The largest absolute Gasteiger partial charge is 0.462 e. The molecule has 4 aromatic rings. The van der Waals surface area contributed by atoms with Crippen LogP contribution in [0.2, 0.25) is 0 Å². The number of rotatable bonds is 6. The van der Waals surface area contributed by atoms with Crippen molar-refractivity contribution in [2.24, 2.45) is 0 Å². The van der Waals surface area contributed by atoms with Gasteiger partial charge in [-0.2, -0.15) is 0 Å². The molecule has 0 saturated carbocycles. The molecule has 0 saturated heterocycles. The third-order valence-corrected chi connectivity index (χ3v) is 5.72. The van der Waals surface area contributed by atoms with Gasteiger partial charge in [0.2, 0.25) is 0 Å². The number of hydrogen-bond donors (Lipinski definition) is 0. The van der Waals surface area contributed by atoms with E-state index in [9.17, 15) is 9.59 Å². The first-order chi connectivity index (χ1) is 17.2. The summed E-state index contributed by atoms with van der Waals surface area (Å²) in [7, 11) is 0. The normalized spacial score (nSPS) is 11.4. The number of hydrogen-bond acceptors (Lipinski definition) is 7. The Morgan fingerprint density at radius 3 is 2.14 bits per heavy atom. The molecule has 4 rings (SSSR count). The molecule has 7 heteroatoms.